The van der Waals surface area contributed by atoms with Crippen LogP contribution in [0.5, 0.6) is 0 Å². The number of piperidine rings is 1. The van der Waals surface area contributed by atoms with E-state index in [1.54, 1.807) is 0 Å². The summed E-state index contributed by atoms with van der Waals surface area (Å²) < 4.78 is 0. The van der Waals surface area contributed by atoms with Crippen LogP contribution in [0.25, 0.3) is 5.57 Å². The average molecular weight is 449 g/mol. The predicted octanol–water partition coefficient (Wildman–Crippen LogP) is 6.72. The highest BCUT2D eigenvalue weighted by atomic mass is 15.4. The highest BCUT2D eigenvalue weighted by Crippen LogP contribution is 2.42. The minimum absolute atomic E-state index is 0.474. The van der Waals surface area contributed by atoms with Gasteiger partial charge in [-0.05, 0) is 60.5 Å². The molecule has 2 aliphatic heterocycles. The number of rotatable bonds is 5. The first-order chi connectivity index (χ1) is 15.8. The fraction of sp³-hybridized carbons (Fsp3) is 0.621. The second-order valence-electron chi connectivity index (χ2n) is 11.1. The molecule has 0 amide bonds. The normalized spacial score (nSPS) is 22.2. The van der Waals surface area contributed by atoms with Crippen LogP contribution in [0, 0.1) is 11.3 Å². The SMILES string of the molecule is C=C1C(c2ccc(C3CCCCC3)cc2)=C(N)N=C(N2CCC(CC)(CC(C)C)CC2)N1C. The van der Waals surface area contributed by atoms with Crippen LogP contribution in [0.2, 0.25) is 0 Å². The first-order valence-corrected chi connectivity index (χ1v) is 13.2. The van der Waals surface area contributed by atoms with Crippen molar-refractivity contribution in [2.75, 3.05) is 20.1 Å². The molecule has 2 N–H and O–H groups in total. The number of allylic oxidation sites excluding steroid dienone is 1. The van der Waals surface area contributed by atoms with Gasteiger partial charge in [-0.2, -0.15) is 4.99 Å². The third-order valence-corrected chi connectivity index (χ3v) is 8.44. The summed E-state index contributed by atoms with van der Waals surface area (Å²) in [5, 5.41) is 0. The molecule has 0 radical (unpaired) electrons. The predicted molar refractivity (Wildman–Crippen MR) is 141 cm³/mol. The van der Waals surface area contributed by atoms with Gasteiger partial charge in [-0.15, -0.1) is 0 Å². The molecule has 1 aromatic carbocycles. The van der Waals surface area contributed by atoms with Crippen LogP contribution >= 0.6 is 0 Å². The quantitative estimate of drug-likeness (QED) is 0.544. The Morgan fingerprint density at radius 3 is 2.30 bits per heavy atom. The molecular formula is C29H44N4. The number of hydrogen-bond acceptors (Lipinski definition) is 4. The lowest BCUT2D eigenvalue weighted by atomic mass is 9.71. The van der Waals surface area contributed by atoms with Gasteiger partial charge in [0, 0.05) is 31.4 Å². The van der Waals surface area contributed by atoms with Crippen LogP contribution < -0.4 is 5.73 Å². The van der Waals surface area contributed by atoms with Gasteiger partial charge >= 0.3 is 0 Å². The first-order valence-electron chi connectivity index (χ1n) is 13.2. The second kappa shape index (κ2) is 9.95. The van der Waals surface area contributed by atoms with Gasteiger partial charge in [-0.3, -0.25) is 0 Å². The van der Waals surface area contributed by atoms with Gasteiger partial charge in [0.25, 0.3) is 0 Å². The Hall–Kier alpha value is -2.23. The summed E-state index contributed by atoms with van der Waals surface area (Å²) in [5.41, 5.74) is 11.5. The summed E-state index contributed by atoms with van der Waals surface area (Å²) >= 11 is 0. The lowest BCUT2D eigenvalue weighted by Gasteiger charge is -2.45. The molecule has 1 saturated heterocycles. The molecule has 0 spiro atoms. The number of guanidine groups is 1. The zero-order valence-corrected chi connectivity index (χ0v) is 21.4. The maximum absolute atomic E-state index is 6.56. The Kier molecular flexibility index (Phi) is 7.21. The molecule has 0 bridgehead atoms. The Morgan fingerprint density at radius 1 is 1.09 bits per heavy atom. The Bertz CT molecular complexity index is 894. The average Bonchev–Trinajstić information content (AvgIpc) is 2.83. The maximum atomic E-state index is 6.56. The van der Waals surface area contributed by atoms with Crippen LogP contribution in [-0.4, -0.2) is 35.9 Å². The molecule has 0 unspecified atom stereocenters. The summed E-state index contributed by atoms with van der Waals surface area (Å²) in [6.45, 7) is 13.6. The van der Waals surface area contributed by atoms with E-state index in [0.29, 0.717) is 17.2 Å². The fourth-order valence-corrected chi connectivity index (χ4v) is 6.38. The van der Waals surface area contributed by atoms with Crippen molar-refractivity contribution in [2.45, 2.75) is 84.5 Å². The van der Waals surface area contributed by atoms with Gasteiger partial charge in [0.15, 0.2) is 0 Å². The molecule has 3 aliphatic rings. The van der Waals surface area contributed by atoms with Gasteiger partial charge in [0.05, 0.1) is 0 Å². The molecule has 180 valence electrons. The highest BCUT2D eigenvalue weighted by Gasteiger charge is 2.36. The van der Waals surface area contributed by atoms with E-state index in [0.717, 1.165) is 41.8 Å². The summed E-state index contributed by atoms with van der Waals surface area (Å²) in [5.74, 6) is 3.00. The summed E-state index contributed by atoms with van der Waals surface area (Å²) in [6, 6.07) is 9.02. The van der Waals surface area contributed by atoms with Crippen LogP contribution in [0.3, 0.4) is 0 Å². The lowest BCUT2D eigenvalue weighted by molar-refractivity contribution is 0.108. The molecule has 4 rings (SSSR count). The van der Waals surface area contributed by atoms with E-state index in [9.17, 15) is 0 Å². The molecule has 0 atom stereocenters. The molecule has 2 fully saturated rings. The van der Waals surface area contributed by atoms with Crippen LogP contribution in [-0.2, 0) is 0 Å². The van der Waals surface area contributed by atoms with E-state index in [2.05, 4.69) is 68.5 Å². The van der Waals surface area contributed by atoms with Gasteiger partial charge in [-0.1, -0.05) is 77.3 Å². The van der Waals surface area contributed by atoms with Gasteiger partial charge in [0.1, 0.15) is 5.82 Å². The van der Waals surface area contributed by atoms with Crippen molar-refractivity contribution in [3.63, 3.8) is 0 Å². The van der Waals surface area contributed by atoms with E-state index in [-0.39, 0.29) is 0 Å². The van der Waals surface area contributed by atoms with E-state index in [1.165, 1.54) is 63.4 Å². The van der Waals surface area contributed by atoms with Crippen LogP contribution in [0.15, 0.2) is 47.4 Å². The monoisotopic (exact) mass is 448 g/mol. The number of aliphatic imine (C=N–C) groups is 1. The Balaban J connectivity index is 1.52. The minimum Gasteiger partial charge on any atom is -0.383 e. The Labute approximate surface area is 201 Å². The zero-order chi connectivity index (χ0) is 23.6. The highest BCUT2D eigenvalue weighted by molar-refractivity contribution is 5.94. The molecule has 1 saturated carbocycles. The smallest absolute Gasteiger partial charge is 0.207 e. The lowest BCUT2D eigenvalue weighted by Crippen LogP contribution is -2.49. The number of likely N-dealkylation sites (N-methyl/N-ethyl adjacent to an activating group) is 1. The molecular weight excluding hydrogens is 404 g/mol. The van der Waals surface area contributed by atoms with E-state index >= 15 is 0 Å². The molecule has 33 heavy (non-hydrogen) atoms. The van der Waals surface area contributed by atoms with Crippen molar-refractivity contribution < 1.29 is 0 Å². The van der Waals surface area contributed by atoms with Crippen molar-refractivity contribution in [2.24, 2.45) is 22.1 Å². The van der Waals surface area contributed by atoms with Gasteiger partial charge in [-0.25, -0.2) is 0 Å². The minimum atomic E-state index is 0.474. The third-order valence-electron chi connectivity index (χ3n) is 8.44. The first kappa shape index (κ1) is 23.9. The van der Waals surface area contributed by atoms with Gasteiger partial charge < -0.3 is 15.5 Å². The van der Waals surface area contributed by atoms with Crippen LogP contribution in [0.4, 0.5) is 0 Å². The van der Waals surface area contributed by atoms with Crippen LogP contribution in [0.1, 0.15) is 95.6 Å². The number of hydrogen-bond donors (Lipinski definition) is 1. The standard InChI is InChI=1S/C29H44N4/c1-6-29(20-21(2)3)16-18-33(19-17-29)28-31-27(30)26(22(4)32(28)5)25-14-12-24(13-15-25)23-10-8-7-9-11-23/h12-15,21,23H,4,6-11,16-20,30H2,1-3,5H3. The topological polar surface area (TPSA) is 44.9 Å². The van der Waals surface area contributed by atoms with Crippen molar-refractivity contribution in [3.8, 4) is 0 Å². The fourth-order valence-electron chi connectivity index (χ4n) is 6.38. The summed E-state index contributed by atoms with van der Waals surface area (Å²) in [6.07, 6.45) is 11.8. The Morgan fingerprint density at radius 2 is 1.73 bits per heavy atom. The van der Waals surface area contributed by atoms with E-state index in [1.807, 2.05) is 0 Å². The zero-order valence-electron chi connectivity index (χ0n) is 21.4. The number of benzene rings is 1. The summed E-state index contributed by atoms with van der Waals surface area (Å²) in [4.78, 5) is 9.46. The molecule has 1 aromatic rings. The molecule has 0 aromatic heterocycles. The largest absolute Gasteiger partial charge is 0.383 e. The third kappa shape index (κ3) is 5.00. The van der Waals surface area contributed by atoms with Gasteiger partial charge in [0.2, 0.25) is 5.96 Å². The van der Waals surface area contributed by atoms with Crippen molar-refractivity contribution >= 4 is 11.5 Å². The number of nitrogens with two attached hydrogens (primary N) is 1. The number of nitrogens with zero attached hydrogens (tertiary/aromatic N) is 3. The molecule has 4 nitrogen and oxygen atoms in total. The van der Waals surface area contributed by atoms with Crippen molar-refractivity contribution in [1.82, 2.24) is 9.80 Å². The second-order valence-corrected chi connectivity index (χ2v) is 11.1. The van der Waals surface area contributed by atoms with E-state index < -0.39 is 0 Å². The van der Waals surface area contributed by atoms with Crippen molar-refractivity contribution in [3.05, 3.63) is 53.5 Å². The molecule has 4 heteroatoms. The number of likely N-dealkylation sites (tertiary alicyclic amines) is 1. The molecule has 2 heterocycles. The molecule has 1 aliphatic carbocycles. The van der Waals surface area contributed by atoms with Crippen molar-refractivity contribution in [1.29, 1.82) is 0 Å². The summed E-state index contributed by atoms with van der Waals surface area (Å²) in [7, 11) is 2.08. The maximum Gasteiger partial charge on any atom is 0.207 e. The van der Waals surface area contributed by atoms with E-state index in [4.69, 9.17) is 10.7 Å².